The number of amides is 1. The van der Waals surface area contributed by atoms with E-state index in [1.165, 1.54) is 6.20 Å². The van der Waals surface area contributed by atoms with Crippen LogP contribution in [-0.4, -0.2) is 58.2 Å². The van der Waals surface area contributed by atoms with E-state index < -0.39 is 0 Å². The van der Waals surface area contributed by atoms with E-state index in [-0.39, 0.29) is 24.6 Å². The molecular formula is C23H24N6O4. The van der Waals surface area contributed by atoms with E-state index in [2.05, 4.69) is 19.8 Å². The lowest BCUT2D eigenvalue weighted by Gasteiger charge is -2.38. The maximum absolute atomic E-state index is 13.8. The molecule has 1 fully saturated rings. The number of fused-ring (bicyclic) bond motifs is 3. The maximum atomic E-state index is 13.8. The van der Waals surface area contributed by atoms with Crippen LogP contribution < -0.4 is 5.73 Å². The lowest BCUT2D eigenvalue weighted by Crippen LogP contribution is -2.52. The van der Waals surface area contributed by atoms with Crippen LogP contribution in [-0.2, 0) is 34.0 Å². The fraction of sp³-hybridized carbons (Fsp3) is 0.391. The predicted octanol–water partition coefficient (Wildman–Crippen LogP) is 2.57. The number of nitrogen functional groups attached to an aromatic ring is 1. The van der Waals surface area contributed by atoms with Crippen LogP contribution in [0, 0.1) is 6.57 Å². The van der Waals surface area contributed by atoms with Gasteiger partial charge in [-0.2, -0.15) is 0 Å². The molecule has 3 aromatic heterocycles. The van der Waals surface area contributed by atoms with E-state index in [9.17, 15) is 4.79 Å². The van der Waals surface area contributed by atoms with Gasteiger partial charge in [0.25, 0.3) is 5.91 Å². The molecule has 5 rings (SSSR count). The highest BCUT2D eigenvalue weighted by Crippen LogP contribution is 2.32. The number of anilines is 1. The highest BCUT2D eigenvalue weighted by molar-refractivity contribution is 5.98. The average molecular weight is 448 g/mol. The minimum atomic E-state index is -0.294. The minimum Gasteiger partial charge on any atom is -0.383 e. The summed E-state index contributed by atoms with van der Waals surface area (Å²) >= 11 is 0. The molecule has 5 heterocycles. The standard InChI is InChI=1S/C23H24N6O4/c1-25-13-3-4-14(26-8-13)9-29(19-12-32-6-5-20(19)31-2)23(30)18-7-17-21(27-18)15-10-33-11-16(15)22(24)28-17/h3-4,7-8,19-20,27H,5-6,9-12H2,2H3,(H2,24,28)/t19-,20-/m1/s1. The van der Waals surface area contributed by atoms with Crippen LogP contribution in [0.1, 0.15) is 33.7 Å². The van der Waals surface area contributed by atoms with Crippen LogP contribution in [0.25, 0.3) is 15.9 Å². The number of H-pyrrole nitrogens is 1. The number of carbonyl (C=O) groups excluding carboxylic acids is 1. The van der Waals surface area contributed by atoms with Crippen molar-refractivity contribution in [2.45, 2.75) is 38.3 Å². The third kappa shape index (κ3) is 3.91. The molecular weight excluding hydrogens is 424 g/mol. The first-order valence-corrected chi connectivity index (χ1v) is 10.7. The topological polar surface area (TPSA) is 120 Å². The first-order valence-electron chi connectivity index (χ1n) is 10.7. The largest absolute Gasteiger partial charge is 0.383 e. The number of nitrogens with zero attached hydrogens (tertiary/aromatic N) is 4. The van der Waals surface area contributed by atoms with Crippen molar-refractivity contribution < 1.29 is 19.0 Å². The fourth-order valence-corrected chi connectivity index (χ4v) is 4.47. The Morgan fingerprint density at radius 2 is 2.21 bits per heavy atom. The summed E-state index contributed by atoms with van der Waals surface area (Å²) in [7, 11) is 1.65. The number of rotatable bonds is 5. The Kier molecular flexibility index (Phi) is 5.68. The summed E-state index contributed by atoms with van der Waals surface area (Å²) < 4.78 is 16.9. The number of nitrogens with two attached hydrogens (primary N) is 1. The number of carbonyl (C=O) groups is 1. The van der Waals surface area contributed by atoms with Crippen molar-refractivity contribution in [3.05, 3.63) is 58.3 Å². The predicted molar refractivity (Wildman–Crippen MR) is 119 cm³/mol. The molecule has 2 aliphatic heterocycles. The van der Waals surface area contributed by atoms with E-state index in [4.69, 9.17) is 26.5 Å². The molecule has 1 amide bonds. The molecule has 10 nitrogen and oxygen atoms in total. The summed E-state index contributed by atoms with van der Waals surface area (Å²) in [5, 5.41) is 0. The molecule has 2 aliphatic rings. The second-order valence-electron chi connectivity index (χ2n) is 8.15. The monoisotopic (exact) mass is 448 g/mol. The highest BCUT2D eigenvalue weighted by atomic mass is 16.5. The number of aromatic nitrogens is 3. The van der Waals surface area contributed by atoms with Gasteiger partial charge in [-0.15, -0.1) is 0 Å². The normalized spacial score (nSPS) is 19.9. The van der Waals surface area contributed by atoms with Crippen LogP contribution >= 0.6 is 0 Å². The molecule has 0 radical (unpaired) electrons. The zero-order valence-electron chi connectivity index (χ0n) is 18.2. The molecule has 2 atom stereocenters. The van der Waals surface area contributed by atoms with Crippen molar-refractivity contribution in [1.29, 1.82) is 0 Å². The Morgan fingerprint density at radius 3 is 2.97 bits per heavy atom. The third-order valence-corrected chi connectivity index (χ3v) is 6.24. The van der Waals surface area contributed by atoms with Gasteiger partial charge in [0.2, 0.25) is 5.69 Å². The smallest absolute Gasteiger partial charge is 0.271 e. The van der Waals surface area contributed by atoms with Crippen molar-refractivity contribution in [2.75, 3.05) is 26.1 Å². The molecule has 0 unspecified atom stereocenters. The van der Waals surface area contributed by atoms with Gasteiger partial charge in [0.05, 0.1) is 61.8 Å². The minimum absolute atomic E-state index is 0.166. The fourth-order valence-electron chi connectivity index (χ4n) is 4.47. The van der Waals surface area contributed by atoms with Crippen LogP contribution in [0.15, 0.2) is 24.4 Å². The molecule has 0 aromatic carbocycles. The van der Waals surface area contributed by atoms with Crippen LogP contribution in [0.5, 0.6) is 0 Å². The number of aromatic amines is 1. The molecule has 0 saturated carbocycles. The lowest BCUT2D eigenvalue weighted by molar-refractivity contribution is -0.0716. The van der Waals surface area contributed by atoms with Crippen molar-refractivity contribution >= 4 is 28.4 Å². The van der Waals surface area contributed by atoms with Crippen LogP contribution in [0.4, 0.5) is 11.5 Å². The molecule has 10 heteroatoms. The maximum Gasteiger partial charge on any atom is 0.271 e. The first-order chi connectivity index (χ1) is 16.1. The van der Waals surface area contributed by atoms with Gasteiger partial charge in [-0.1, -0.05) is 6.07 Å². The molecule has 1 saturated heterocycles. The lowest BCUT2D eigenvalue weighted by atomic mass is 10.0. The number of nitrogens with one attached hydrogen (secondary N) is 1. The van der Waals surface area contributed by atoms with Gasteiger partial charge in [0.15, 0.2) is 0 Å². The van der Waals surface area contributed by atoms with Crippen molar-refractivity contribution in [3.63, 3.8) is 0 Å². The van der Waals surface area contributed by atoms with E-state index in [0.29, 0.717) is 61.3 Å². The summed E-state index contributed by atoms with van der Waals surface area (Å²) in [6.45, 7) is 9.16. The Labute approximate surface area is 190 Å². The van der Waals surface area contributed by atoms with E-state index in [1.807, 2.05) is 0 Å². The zero-order valence-corrected chi connectivity index (χ0v) is 18.2. The van der Waals surface area contributed by atoms with Crippen LogP contribution in [0.3, 0.4) is 0 Å². The van der Waals surface area contributed by atoms with Gasteiger partial charge < -0.3 is 29.8 Å². The summed E-state index contributed by atoms with van der Waals surface area (Å²) in [4.78, 5) is 31.0. The Balaban J connectivity index is 1.52. The van der Waals surface area contributed by atoms with E-state index >= 15 is 0 Å². The molecule has 170 valence electrons. The average Bonchev–Trinajstić information content (AvgIpc) is 3.50. The number of hydrogen-bond acceptors (Lipinski definition) is 7. The van der Waals surface area contributed by atoms with E-state index in [1.54, 1.807) is 30.2 Å². The Bertz CT molecular complexity index is 1230. The van der Waals surface area contributed by atoms with Crippen molar-refractivity contribution in [1.82, 2.24) is 19.9 Å². The van der Waals surface area contributed by atoms with Gasteiger partial charge >= 0.3 is 0 Å². The first kappa shape index (κ1) is 21.3. The summed E-state index contributed by atoms with van der Waals surface area (Å²) in [5.41, 5.74) is 10.8. The van der Waals surface area contributed by atoms with Gasteiger partial charge in [0, 0.05) is 31.0 Å². The van der Waals surface area contributed by atoms with Gasteiger partial charge in [-0.25, -0.2) is 9.83 Å². The Hall–Kier alpha value is -3.52. The van der Waals surface area contributed by atoms with Crippen molar-refractivity contribution in [2.24, 2.45) is 0 Å². The highest BCUT2D eigenvalue weighted by Gasteiger charge is 2.35. The molecule has 33 heavy (non-hydrogen) atoms. The van der Waals surface area contributed by atoms with Crippen molar-refractivity contribution in [3.8, 4) is 0 Å². The zero-order chi connectivity index (χ0) is 22.9. The van der Waals surface area contributed by atoms with Gasteiger partial charge in [-0.3, -0.25) is 9.78 Å². The molecule has 0 spiro atoms. The Morgan fingerprint density at radius 1 is 1.36 bits per heavy atom. The second-order valence-corrected chi connectivity index (χ2v) is 8.15. The van der Waals surface area contributed by atoms with Crippen LogP contribution in [0.2, 0.25) is 0 Å². The number of ether oxygens (including phenoxy) is 3. The van der Waals surface area contributed by atoms with Gasteiger partial charge in [-0.05, 0) is 18.6 Å². The van der Waals surface area contributed by atoms with Gasteiger partial charge in [0.1, 0.15) is 11.5 Å². The summed E-state index contributed by atoms with van der Waals surface area (Å²) in [6, 6.07) is 4.89. The molecule has 3 aromatic rings. The summed E-state index contributed by atoms with van der Waals surface area (Å²) in [5.74, 6) is 0.210. The van der Waals surface area contributed by atoms with E-state index in [0.717, 1.165) is 16.6 Å². The summed E-state index contributed by atoms with van der Waals surface area (Å²) in [6.07, 6.45) is 2.03. The quantitative estimate of drug-likeness (QED) is 0.576. The SMILES string of the molecule is [C-]#[N+]c1ccc(CN(C(=O)c2cc3nc(N)c4c(c3[nH]2)COC4)[C@@H]2COCC[C@H]2OC)nc1. The second kappa shape index (κ2) is 8.78. The molecule has 3 N–H and O–H groups in total. The third-order valence-electron chi connectivity index (χ3n) is 6.24. The number of methoxy groups -OCH3 is 1. The molecule has 0 bridgehead atoms. The number of hydrogen-bond donors (Lipinski definition) is 2. The molecule has 0 aliphatic carbocycles. The number of pyridine rings is 2.